The molecule has 0 spiro atoms. The molecular formula is C13H14OS. The van der Waals surface area contributed by atoms with Gasteiger partial charge in [0.1, 0.15) is 5.78 Å². The molecule has 1 nitrogen and oxygen atoms in total. The summed E-state index contributed by atoms with van der Waals surface area (Å²) in [4.78, 5) is 12.8. The smallest absolute Gasteiger partial charge is 0.145 e. The van der Waals surface area contributed by atoms with E-state index >= 15 is 0 Å². The summed E-state index contributed by atoms with van der Waals surface area (Å²) in [5, 5.41) is 0. The van der Waals surface area contributed by atoms with Crippen LogP contribution >= 0.6 is 12.2 Å². The van der Waals surface area contributed by atoms with Gasteiger partial charge in [-0.3, -0.25) is 4.79 Å². The van der Waals surface area contributed by atoms with Crippen molar-refractivity contribution in [2.75, 3.05) is 0 Å². The van der Waals surface area contributed by atoms with Crippen LogP contribution in [0.4, 0.5) is 0 Å². The summed E-state index contributed by atoms with van der Waals surface area (Å²) >= 11 is 5.32. The highest BCUT2D eigenvalue weighted by atomic mass is 32.1. The number of Topliss-reactive ketones (excluding diaryl/α,β-unsaturated/α-hetero) is 1. The minimum Gasteiger partial charge on any atom is -0.299 e. The number of carbonyl (C=O) groups is 1. The Morgan fingerprint density at radius 1 is 1.27 bits per heavy atom. The largest absolute Gasteiger partial charge is 0.299 e. The average molecular weight is 218 g/mol. The topological polar surface area (TPSA) is 17.1 Å². The van der Waals surface area contributed by atoms with Crippen molar-refractivity contribution in [3.05, 3.63) is 35.4 Å². The van der Waals surface area contributed by atoms with Gasteiger partial charge < -0.3 is 0 Å². The van der Waals surface area contributed by atoms with E-state index in [1.807, 2.05) is 31.2 Å². The van der Waals surface area contributed by atoms with E-state index in [0.717, 1.165) is 23.3 Å². The first-order chi connectivity index (χ1) is 7.20. The molecule has 1 atom stereocenters. The van der Waals surface area contributed by atoms with E-state index in [1.165, 1.54) is 5.56 Å². The predicted molar refractivity (Wildman–Crippen MR) is 65.4 cm³/mol. The van der Waals surface area contributed by atoms with Crippen molar-refractivity contribution in [1.82, 2.24) is 0 Å². The van der Waals surface area contributed by atoms with Crippen LogP contribution in [-0.2, 0) is 4.79 Å². The highest BCUT2D eigenvalue weighted by molar-refractivity contribution is 7.80. The number of hydrogen-bond acceptors (Lipinski definition) is 2. The number of carbonyl (C=O) groups excluding carboxylic acids is 1. The normalized spacial score (nSPS) is 21.8. The molecule has 1 aromatic rings. The van der Waals surface area contributed by atoms with Crippen molar-refractivity contribution >= 4 is 22.9 Å². The van der Waals surface area contributed by atoms with Crippen LogP contribution in [0.2, 0.25) is 0 Å². The zero-order valence-corrected chi connectivity index (χ0v) is 9.64. The number of hydrogen-bond donors (Lipinski definition) is 0. The average Bonchev–Trinajstić information content (AvgIpc) is 2.20. The van der Waals surface area contributed by atoms with Crippen molar-refractivity contribution in [2.45, 2.75) is 32.1 Å². The molecular weight excluding hydrogens is 204 g/mol. The summed E-state index contributed by atoms with van der Waals surface area (Å²) in [6, 6.07) is 8.04. The first-order valence-corrected chi connectivity index (χ1v) is 5.72. The zero-order valence-electron chi connectivity index (χ0n) is 8.82. The first kappa shape index (κ1) is 10.5. The highest BCUT2D eigenvalue weighted by Crippen LogP contribution is 2.30. The third-order valence-corrected chi connectivity index (χ3v) is 3.43. The van der Waals surface area contributed by atoms with Crippen molar-refractivity contribution in [1.29, 1.82) is 0 Å². The van der Waals surface area contributed by atoms with Crippen LogP contribution in [0.15, 0.2) is 24.3 Å². The van der Waals surface area contributed by atoms with Gasteiger partial charge in [-0.15, -0.1) is 0 Å². The van der Waals surface area contributed by atoms with Crippen molar-refractivity contribution in [3.63, 3.8) is 0 Å². The van der Waals surface area contributed by atoms with Crippen LogP contribution in [0, 0.1) is 6.92 Å². The summed E-state index contributed by atoms with van der Waals surface area (Å²) in [7, 11) is 0. The van der Waals surface area contributed by atoms with Gasteiger partial charge >= 0.3 is 0 Å². The van der Waals surface area contributed by atoms with E-state index in [1.54, 1.807) is 0 Å². The lowest BCUT2D eigenvalue weighted by molar-refractivity contribution is -0.119. The standard InChI is InChI=1S/C13H14OS/c1-9-5-2-3-6-10(9)13-11(14)7-4-8-12(13)15/h2-3,5-6,13H,4,7-8H2,1H3. The number of aryl methyl sites for hydroxylation is 1. The molecule has 0 amide bonds. The van der Waals surface area contributed by atoms with Gasteiger partial charge in [0.15, 0.2) is 0 Å². The lowest BCUT2D eigenvalue weighted by atomic mass is 9.81. The summed E-state index contributed by atoms with van der Waals surface area (Å²) in [5.41, 5.74) is 2.27. The first-order valence-electron chi connectivity index (χ1n) is 5.31. The maximum Gasteiger partial charge on any atom is 0.145 e. The van der Waals surface area contributed by atoms with Gasteiger partial charge in [0.05, 0.1) is 5.92 Å². The third-order valence-electron chi connectivity index (χ3n) is 2.99. The molecule has 1 aliphatic rings. The number of ketones is 1. The molecule has 1 aliphatic carbocycles. The van der Waals surface area contributed by atoms with Gasteiger partial charge in [-0.05, 0) is 30.9 Å². The van der Waals surface area contributed by atoms with E-state index in [0.29, 0.717) is 12.2 Å². The van der Waals surface area contributed by atoms with Crippen LogP contribution in [-0.4, -0.2) is 10.6 Å². The van der Waals surface area contributed by atoms with Gasteiger partial charge in [-0.2, -0.15) is 0 Å². The maximum atomic E-state index is 11.9. The van der Waals surface area contributed by atoms with Gasteiger partial charge in [0.2, 0.25) is 0 Å². The molecule has 1 unspecified atom stereocenters. The minimum atomic E-state index is -0.116. The van der Waals surface area contributed by atoms with E-state index in [2.05, 4.69) is 0 Å². The number of benzene rings is 1. The Bertz CT molecular complexity index is 393. The van der Waals surface area contributed by atoms with Gasteiger partial charge in [0.25, 0.3) is 0 Å². The van der Waals surface area contributed by atoms with Crippen LogP contribution < -0.4 is 0 Å². The maximum absolute atomic E-state index is 11.9. The molecule has 0 aliphatic heterocycles. The molecule has 0 saturated heterocycles. The molecule has 2 heteroatoms. The van der Waals surface area contributed by atoms with Crippen LogP contribution in [0.3, 0.4) is 0 Å². The van der Waals surface area contributed by atoms with Crippen LogP contribution in [0.1, 0.15) is 36.3 Å². The summed E-state index contributed by atoms with van der Waals surface area (Å²) in [6.45, 7) is 2.04. The van der Waals surface area contributed by atoms with Gasteiger partial charge in [0, 0.05) is 11.3 Å². The minimum absolute atomic E-state index is 0.116. The molecule has 0 N–H and O–H groups in total. The lowest BCUT2D eigenvalue weighted by Crippen LogP contribution is -2.25. The molecule has 1 fully saturated rings. The summed E-state index contributed by atoms with van der Waals surface area (Å²) in [5.74, 6) is 0.176. The van der Waals surface area contributed by atoms with Crippen molar-refractivity contribution < 1.29 is 4.79 Å². The van der Waals surface area contributed by atoms with Crippen molar-refractivity contribution in [3.8, 4) is 0 Å². The molecule has 1 aromatic carbocycles. The SMILES string of the molecule is Cc1ccccc1C1C(=O)CCCC1=S. The fraction of sp³-hybridized carbons (Fsp3) is 0.385. The zero-order chi connectivity index (χ0) is 10.8. The quantitative estimate of drug-likeness (QED) is 0.673. The second kappa shape index (κ2) is 4.23. The molecule has 2 rings (SSSR count). The molecule has 0 radical (unpaired) electrons. The van der Waals surface area contributed by atoms with E-state index in [-0.39, 0.29) is 5.92 Å². The fourth-order valence-electron chi connectivity index (χ4n) is 2.16. The van der Waals surface area contributed by atoms with Gasteiger partial charge in [-0.25, -0.2) is 0 Å². The van der Waals surface area contributed by atoms with E-state index < -0.39 is 0 Å². The second-order valence-corrected chi connectivity index (χ2v) is 4.60. The second-order valence-electron chi connectivity index (χ2n) is 4.08. The molecule has 15 heavy (non-hydrogen) atoms. The van der Waals surface area contributed by atoms with E-state index in [9.17, 15) is 4.79 Å². The third kappa shape index (κ3) is 2.00. The molecule has 78 valence electrons. The Balaban J connectivity index is 2.40. The van der Waals surface area contributed by atoms with Crippen LogP contribution in [0.25, 0.3) is 0 Å². The lowest BCUT2D eigenvalue weighted by Gasteiger charge is -2.23. The Morgan fingerprint density at radius 3 is 2.67 bits per heavy atom. The predicted octanol–water partition coefficient (Wildman–Crippen LogP) is 3.20. The Kier molecular flexibility index (Phi) is 2.96. The van der Waals surface area contributed by atoms with Gasteiger partial charge in [-0.1, -0.05) is 36.5 Å². The summed E-state index contributed by atoms with van der Waals surface area (Å²) in [6.07, 6.45) is 2.53. The molecule has 0 bridgehead atoms. The molecule has 0 aromatic heterocycles. The van der Waals surface area contributed by atoms with E-state index in [4.69, 9.17) is 12.2 Å². The fourth-order valence-corrected chi connectivity index (χ4v) is 2.57. The number of rotatable bonds is 1. The monoisotopic (exact) mass is 218 g/mol. The Hall–Kier alpha value is -1.02. The highest BCUT2D eigenvalue weighted by Gasteiger charge is 2.28. The number of thiocarbonyl (C=S) groups is 1. The Labute approximate surface area is 95.5 Å². The van der Waals surface area contributed by atoms with Crippen molar-refractivity contribution in [2.24, 2.45) is 0 Å². The molecule has 1 saturated carbocycles. The molecule has 0 heterocycles. The summed E-state index contributed by atoms with van der Waals surface area (Å²) < 4.78 is 0. The van der Waals surface area contributed by atoms with Crippen LogP contribution in [0.5, 0.6) is 0 Å². The Morgan fingerprint density at radius 2 is 2.00 bits per heavy atom.